The number of carbonyl (C=O) groups excluding carboxylic acids is 1. The highest BCUT2D eigenvalue weighted by atomic mass is 32.2. The van der Waals surface area contributed by atoms with Crippen LogP contribution in [-0.4, -0.2) is 21.4 Å². The Morgan fingerprint density at radius 1 is 0.857 bits per heavy atom. The smallest absolute Gasteiger partial charge is 0.264 e. The molecule has 1 N–H and O–H groups in total. The number of carbonyl (C=O) groups is 1. The Morgan fingerprint density at radius 2 is 1.43 bits per heavy atom. The summed E-state index contributed by atoms with van der Waals surface area (Å²) in [5.74, 6) is -0.362. The van der Waals surface area contributed by atoms with Crippen molar-refractivity contribution in [2.75, 3.05) is 16.7 Å². The van der Waals surface area contributed by atoms with Crippen molar-refractivity contribution in [1.29, 1.82) is 0 Å². The van der Waals surface area contributed by atoms with Gasteiger partial charge < -0.3 is 5.32 Å². The second-order valence-electron chi connectivity index (χ2n) is 6.66. The lowest BCUT2D eigenvalue weighted by Crippen LogP contribution is -2.26. The van der Waals surface area contributed by atoms with Gasteiger partial charge in [0.2, 0.25) is 0 Å². The number of hydrogen-bond donors (Lipinski definition) is 1. The Balaban J connectivity index is 1.86. The standard InChI is InChI=1S/C22H22N2O3S/c1-16-7-11-19(12-8-16)23-22(25)18-5-4-6-21(15-18)28(26,27)24(3)20-13-9-17(2)10-14-20/h4-15H,1-3H3,(H,23,25). The first kappa shape index (κ1) is 19.6. The van der Waals surface area contributed by atoms with Gasteiger partial charge in [-0.15, -0.1) is 0 Å². The number of rotatable bonds is 5. The molecule has 28 heavy (non-hydrogen) atoms. The van der Waals surface area contributed by atoms with Crippen LogP contribution in [0.15, 0.2) is 77.7 Å². The number of anilines is 2. The summed E-state index contributed by atoms with van der Waals surface area (Å²) in [4.78, 5) is 12.6. The number of nitrogens with zero attached hydrogens (tertiary/aromatic N) is 1. The Morgan fingerprint density at radius 3 is 2.04 bits per heavy atom. The van der Waals surface area contributed by atoms with Gasteiger partial charge in [-0.25, -0.2) is 8.42 Å². The van der Waals surface area contributed by atoms with E-state index >= 15 is 0 Å². The van der Waals surface area contributed by atoms with Crippen LogP contribution in [0.3, 0.4) is 0 Å². The molecule has 6 heteroatoms. The van der Waals surface area contributed by atoms with Crippen molar-refractivity contribution in [3.8, 4) is 0 Å². The first-order chi connectivity index (χ1) is 13.3. The van der Waals surface area contributed by atoms with Crippen LogP contribution in [0.25, 0.3) is 0 Å². The second-order valence-corrected chi connectivity index (χ2v) is 8.63. The number of aryl methyl sites for hydroxylation is 2. The number of benzene rings is 3. The molecular formula is C22H22N2O3S. The van der Waals surface area contributed by atoms with E-state index < -0.39 is 10.0 Å². The van der Waals surface area contributed by atoms with E-state index in [9.17, 15) is 13.2 Å². The zero-order chi connectivity index (χ0) is 20.3. The van der Waals surface area contributed by atoms with E-state index in [-0.39, 0.29) is 16.4 Å². The summed E-state index contributed by atoms with van der Waals surface area (Å²) in [6.07, 6.45) is 0. The largest absolute Gasteiger partial charge is 0.322 e. The summed E-state index contributed by atoms with van der Waals surface area (Å²) in [6.45, 7) is 3.90. The van der Waals surface area contributed by atoms with Crippen molar-refractivity contribution in [2.45, 2.75) is 18.7 Å². The molecule has 0 saturated heterocycles. The minimum Gasteiger partial charge on any atom is -0.322 e. The van der Waals surface area contributed by atoms with E-state index in [0.29, 0.717) is 11.4 Å². The zero-order valence-electron chi connectivity index (χ0n) is 16.0. The number of amides is 1. The van der Waals surface area contributed by atoms with E-state index in [4.69, 9.17) is 0 Å². The van der Waals surface area contributed by atoms with E-state index in [0.717, 1.165) is 11.1 Å². The fourth-order valence-corrected chi connectivity index (χ4v) is 3.93. The zero-order valence-corrected chi connectivity index (χ0v) is 16.8. The van der Waals surface area contributed by atoms with Gasteiger partial charge in [-0.3, -0.25) is 9.10 Å². The average Bonchev–Trinajstić information content (AvgIpc) is 2.70. The Hall–Kier alpha value is -3.12. The molecule has 3 rings (SSSR count). The molecule has 3 aromatic rings. The van der Waals surface area contributed by atoms with Crippen molar-refractivity contribution >= 4 is 27.3 Å². The summed E-state index contributed by atoms with van der Waals surface area (Å²) in [6, 6.07) is 20.7. The van der Waals surface area contributed by atoms with Crippen molar-refractivity contribution < 1.29 is 13.2 Å². The summed E-state index contributed by atoms with van der Waals surface area (Å²) in [7, 11) is -2.29. The lowest BCUT2D eigenvalue weighted by molar-refractivity contribution is 0.102. The molecule has 0 aromatic heterocycles. The lowest BCUT2D eigenvalue weighted by Gasteiger charge is -2.20. The van der Waals surface area contributed by atoms with Gasteiger partial charge in [-0.1, -0.05) is 41.5 Å². The van der Waals surface area contributed by atoms with Crippen LogP contribution in [0.4, 0.5) is 11.4 Å². The summed E-state index contributed by atoms with van der Waals surface area (Å²) in [5.41, 5.74) is 3.62. The van der Waals surface area contributed by atoms with Gasteiger partial charge in [0.25, 0.3) is 15.9 Å². The van der Waals surface area contributed by atoms with Gasteiger partial charge in [0.15, 0.2) is 0 Å². The van der Waals surface area contributed by atoms with E-state index in [1.165, 1.54) is 23.5 Å². The minimum atomic E-state index is -3.79. The fraction of sp³-hybridized carbons (Fsp3) is 0.136. The SMILES string of the molecule is Cc1ccc(NC(=O)c2cccc(S(=O)(=O)N(C)c3ccc(C)cc3)c2)cc1. The minimum absolute atomic E-state index is 0.0622. The van der Waals surface area contributed by atoms with E-state index in [1.807, 2.05) is 38.1 Å². The van der Waals surface area contributed by atoms with Crippen LogP contribution in [0.2, 0.25) is 0 Å². The predicted molar refractivity (Wildman–Crippen MR) is 112 cm³/mol. The van der Waals surface area contributed by atoms with Gasteiger partial charge in [-0.2, -0.15) is 0 Å². The van der Waals surface area contributed by atoms with Gasteiger partial charge in [0, 0.05) is 18.3 Å². The molecule has 0 unspecified atom stereocenters. The highest BCUT2D eigenvalue weighted by molar-refractivity contribution is 7.92. The first-order valence-corrected chi connectivity index (χ1v) is 10.2. The maximum Gasteiger partial charge on any atom is 0.264 e. The molecule has 0 atom stereocenters. The Labute approximate surface area is 165 Å². The van der Waals surface area contributed by atoms with Crippen LogP contribution in [0.1, 0.15) is 21.5 Å². The molecule has 144 valence electrons. The molecule has 0 spiro atoms. The normalized spacial score (nSPS) is 11.1. The molecule has 0 aliphatic heterocycles. The molecule has 1 amide bonds. The molecule has 3 aromatic carbocycles. The van der Waals surface area contributed by atoms with Crippen LogP contribution >= 0.6 is 0 Å². The molecule has 0 heterocycles. The van der Waals surface area contributed by atoms with Crippen molar-refractivity contribution in [1.82, 2.24) is 0 Å². The van der Waals surface area contributed by atoms with Gasteiger partial charge in [0.1, 0.15) is 0 Å². The Bertz CT molecular complexity index is 1090. The molecule has 0 bridgehead atoms. The average molecular weight is 394 g/mol. The molecule has 0 saturated carbocycles. The summed E-state index contributed by atoms with van der Waals surface area (Å²) in [5, 5.41) is 2.78. The maximum atomic E-state index is 13.0. The highest BCUT2D eigenvalue weighted by Gasteiger charge is 2.22. The fourth-order valence-electron chi connectivity index (χ4n) is 2.69. The van der Waals surface area contributed by atoms with Gasteiger partial charge in [0.05, 0.1) is 10.6 Å². The van der Waals surface area contributed by atoms with Gasteiger partial charge >= 0.3 is 0 Å². The third-order valence-electron chi connectivity index (χ3n) is 4.46. The number of sulfonamides is 1. The number of nitrogens with one attached hydrogen (secondary N) is 1. The molecule has 0 fully saturated rings. The van der Waals surface area contributed by atoms with E-state index in [1.54, 1.807) is 36.4 Å². The monoisotopic (exact) mass is 394 g/mol. The van der Waals surface area contributed by atoms with E-state index in [2.05, 4.69) is 5.32 Å². The third-order valence-corrected chi connectivity index (χ3v) is 6.24. The molecule has 0 radical (unpaired) electrons. The van der Waals surface area contributed by atoms with Crippen LogP contribution < -0.4 is 9.62 Å². The topological polar surface area (TPSA) is 66.5 Å². The summed E-state index contributed by atoms with van der Waals surface area (Å²) >= 11 is 0. The van der Waals surface area contributed by atoms with Gasteiger partial charge in [-0.05, 0) is 56.3 Å². The Kier molecular flexibility index (Phi) is 5.51. The summed E-state index contributed by atoms with van der Waals surface area (Å²) < 4.78 is 27.2. The quantitative estimate of drug-likeness (QED) is 0.698. The van der Waals surface area contributed by atoms with Crippen molar-refractivity contribution in [3.63, 3.8) is 0 Å². The number of hydrogen-bond acceptors (Lipinski definition) is 3. The molecular weight excluding hydrogens is 372 g/mol. The van der Waals surface area contributed by atoms with Crippen molar-refractivity contribution in [3.05, 3.63) is 89.5 Å². The van der Waals surface area contributed by atoms with Crippen LogP contribution in [-0.2, 0) is 10.0 Å². The molecule has 0 aliphatic carbocycles. The predicted octanol–water partition coefficient (Wildman–Crippen LogP) is 4.38. The molecule has 5 nitrogen and oxygen atoms in total. The van der Waals surface area contributed by atoms with Crippen molar-refractivity contribution in [2.24, 2.45) is 0 Å². The first-order valence-electron chi connectivity index (χ1n) is 8.81. The van der Waals surface area contributed by atoms with Crippen LogP contribution in [0.5, 0.6) is 0 Å². The lowest BCUT2D eigenvalue weighted by atomic mass is 10.2. The highest BCUT2D eigenvalue weighted by Crippen LogP contribution is 2.23. The third kappa shape index (κ3) is 4.23. The van der Waals surface area contributed by atoms with Crippen LogP contribution in [0, 0.1) is 13.8 Å². The maximum absolute atomic E-state index is 13.0. The second kappa shape index (κ2) is 7.86. The molecule has 0 aliphatic rings.